The molecule has 0 rings (SSSR count). The molecule has 0 N–H and O–H groups in total. The van der Waals surface area contributed by atoms with E-state index in [2.05, 4.69) is 0 Å². The van der Waals surface area contributed by atoms with E-state index >= 15 is 0 Å². The van der Waals surface area contributed by atoms with Gasteiger partial charge in [0.15, 0.2) is 15.8 Å². The summed E-state index contributed by atoms with van der Waals surface area (Å²) < 4.78 is 32.9. The number of hydrogen-bond donors (Lipinski definition) is 0. The Kier molecular flexibility index (Phi) is 7.66. The van der Waals surface area contributed by atoms with E-state index in [0.29, 0.717) is 0 Å². The van der Waals surface area contributed by atoms with Crippen LogP contribution < -0.4 is 0 Å². The quantitative estimate of drug-likeness (QED) is 0.489. The van der Waals surface area contributed by atoms with Crippen LogP contribution in [-0.4, -0.2) is 44.6 Å². The fraction of sp³-hybridized carbons (Fsp3) is 0.833. The summed E-state index contributed by atoms with van der Waals surface area (Å²) in [5, 5.41) is -0.544. The lowest BCUT2D eigenvalue weighted by molar-refractivity contribution is -0.161. The van der Waals surface area contributed by atoms with Crippen LogP contribution >= 0.6 is 0 Å². The van der Waals surface area contributed by atoms with Crippen LogP contribution in [0.4, 0.5) is 0 Å². The number of hydrogen-bond acceptors (Lipinski definition) is 6. The first-order chi connectivity index (χ1) is 8.76. The highest BCUT2D eigenvalue weighted by Crippen LogP contribution is 2.13. The van der Waals surface area contributed by atoms with E-state index in [0.717, 1.165) is 0 Å². The third-order valence-electron chi connectivity index (χ3n) is 2.55. The van der Waals surface area contributed by atoms with Gasteiger partial charge in [0.25, 0.3) is 0 Å². The second kappa shape index (κ2) is 8.14. The highest BCUT2D eigenvalue weighted by molar-refractivity contribution is 7.91. The maximum absolute atomic E-state index is 11.7. The van der Waals surface area contributed by atoms with Gasteiger partial charge in [0.1, 0.15) is 0 Å². The smallest absolute Gasteiger partial charge is 0.320 e. The molecule has 0 aliphatic rings. The second-order valence-electron chi connectivity index (χ2n) is 4.26. The average Bonchev–Trinajstić information content (AvgIpc) is 2.29. The Bertz CT molecular complexity index is 380. The van der Waals surface area contributed by atoms with Crippen LogP contribution in [0, 0.1) is 5.92 Å². The number of sulfone groups is 1. The molecule has 0 aliphatic heterocycles. The molecule has 0 saturated heterocycles. The number of ether oxygens (including phenoxy) is 2. The third-order valence-corrected chi connectivity index (χ3v) is 4.79. The first-order valence-corrected chi connectivity index (χ1v) is 8.02. The molecule has 0 heterocycles. The van der Waals surface area contributed by atoms with Gasteiger partial charge < -0.3 is 9.47 Å². The normalized spacial score (nSPS) is 11.7. The van der Waals surface area contributed by atoms with Gasteiger partial charge in [-0.15, -0.1) is 0 Å². The van der Waals surface area contributed by atoms with Crippen molar-refractivity contribution in [3.05, 3.63) is 0 Å². The lowest BCUT2D eigenvalue weighted by Crippen LogP contribution is -2.31. The summed E-state index contributed by atoms with van der Waals surface area (Å²) in [6, 6.07) is 0. The average molecular weight is 294 g/mol. The Labute approximate surface area is 114 Å². The fourth-order valence-corrected chi connectivity index (χ4v) is 2.37. The van der Waals surface area contributed by atoms with Gasteiger partial charge in [-0.1, -0.05) is 0 Å². The first-order valence-electron chi connectivity index (χ1n) is 6.31. The minimum Gasteiger partial charge on any atom is -0.465 e. The topological polar surface area (TPSA) is 86.7 Å². The molecule has 0 aromatic heterocycles. The van der Waals surface area contributed by atoms with Crippen LogP contribution in [0.1, 0.15) is 34.1 Å². The lowest BCUT2D eigenvalue weighted by Gasteiger charge is -2.15. The molecule has 0 radical (unpaired) electrons. The van der Waals surface area contributed by atoms with Gasteiger partial charge >= 0.3 is 11.9 Å². The van der Waals surface area contributed by atoms with Gasteiger partial charge in [0.05, 0.1) is 24.2 Å². The van der Waals surface area contributed by atoms with E-state index in [1.54, 1.807) is 27.7 Å². The largest absolute Gasteiger partial charge is 0.465 e. The van der Waals surface area contributed by atoms with E-state index in [9.17, 15) is 18.0 Å². The van der Waals surface area contributed by atoms with E-state index in [1.807, 2.05) is 0 Å². The van der Waals surface area contributed by atoms with E-state index in [4.69, 9.17) is 9.47 Å². The van der Waals surface area contributed by atoms with Crippen LogP contribution in [0.15, 0.2) is 0 Å². The molecule has 0 aromatic rings. The molecule has 0 unspecified atom stereocenters. The van der Waals surface area contributed by atoms with Crippen molar-refractivity contribution >= 4 is 21.8 Å². The Hall–Kier alpha value is -1.11. The molecule has 7 heteroatoms. The first kappa shape index (κ1) is 17.9. The Morgan fingerprint density at radius 2 is 1.42 bits per heavy atom. The summed E-state index contributed by atoms with van der Waals surface area (Å²) in [6.45, 7) is 6.60. The van der Waals surface area contributed by atoms with Gasteiger partial charge in [-0.2, -0.15) is 0 Å². The molecule has 0 spiro atoms. The minimum absolute atomic E-state index is 0.113. The molecule has 0 atom stereocenters. The van der Waals surface area contributed by atoms with Gasteiger partial charge in [-0.05, 0) is 34.1 Å². The predicted molar refractivity (Wildman–Crippen MR) is 70.3 cm³/mol. The van der Waals surface area contributed by atoms with Crippen molar-refractivity contribution in [3.63, 3.8) is 0 Å². The van der Waals surface area contributed by atoms with Gasteiger partial charge in [0, 0.05) is 0 Å². The van der Waals surface area contributed by atoms with E-state index in [1.165, 1.54) is 0 Å². The van der Waals surface area contributed by atoms with Crippen molar-refractivity contribution in [2.75, 3.05) is 19.0 Å². The second-order valence-corrected chi connectivity index (χ2v) is 6.94. The summed E-state index contributed by atoms with van der Waals surface area (Å²) in [7, 11) is -3.31. The summed E-state index contributed by atoms with van der Waals surface area (Å²) >= 11 is 0. The van der Waals surface area contributed by atoms with Crippen LogP contribution in [0.2, 0.25) is 0 Å². The summed E-state index contributed by atoms with van der Waals surface area (Å²) in [6.07, 6.45) is -0.113. The van der Waals surface area contributed by atoms with Crippen molar-refractivity contribution in [1.29, 1.82) is 0 Å². The van der Waals surface area contributed by atoms with Crippen molar-refractivity contribution in [2.24, 2.45) is 5.92 Å². The van der Waals surface area contributed by atoms with Crippen LogP contribution in [-0.2, 0) is 28.9 Å². The van der Waals surface area contributed by atoms with Gasteiger partial charge in [-0.3, -0.25) is 9.59 Å². The molecule has 0 aliphatic carbocycles. The van der Waals surface area contributed by atoms with Crippen molar-refractivity contribution < 1.29 is 27.5 Å². The molecular weight excluding hydrogens is 272 g/mol. The summed E-state index contributed by atoms with van der Waals surface area (Å²) in [5.74, 6) is -2.89. The van der Waals surface area contributed by atoms with Crippen LogP contribution in [0.25, 0.3) is 0 Å². The molecule has 0 fully saturated rings. The lowest BCUT2D eigenvalue weighted by atomic mass is 10.1. The Morgan fingerprint density at radius 3 is 1.74 bits per heavy atom. The molecule has 112 valence electrons. The standard InChI is InChI=1S/C12H22O6S/c1-5-17-11(13)10(12(14)18-6-2)7-8-19(15,16)9(3)4/h9-10H,5-8H2,1-4H3. The molecular formula is C12H22O6S. The Balaban J connectivity index is 4.78. The van der Waals surface area contributed by atoms with Crippen LogP contribution in [0.3, 0.4) is 0 Å². The number of esters is 2. The molecule has 0 bridgehead atoms. The number of carbonyl (C=O) groups excluding carboxylic acids is 2. The zero-order valence-corrected chi connectivity index (χ0v) is 12.7. The number of rotatable bonds is 8. The van der Waals surface area contributed by atoms with E-state index < -0.39 is 32.9 Å². The van der Waals surface area contributed by atoms with Crippen LogP contribution in [0.5, 0.6) is 0 Å². The molecule has 0 saturated carbocycles. The molecule has 0 amide bonds. The highest BCUT2D eigenvalue weighted by atomic mass is 32.2. The highest BCUT2D eigenvalue weighted by Gasteiger charge is 2.31. The van der Waals surface area contributed by atoms with Crippen molar-refractivity contribution in [2.45, 2.75) is 39.4 Å². The van der Waals surface area contributed by atoms with Crippen molar-refractivity contribution in [3.8, 4) is 0 Å². The zero-order valence-electron chi connectivity index (χ0n) is 11.8. The Morgan fingerprint density at radius 1 is 1.00 bits per heavy atom. The van der Waals surface area contributed by atoms with E-state index in [-0.39, 0.29) is 25.4 Å². The predicted octanol–water partition coefficient (Wildman–Crippen LogP) is 0.942. The SMILES string of the molecule is CCOC(=O)C(CCS(=O)(=O)C(C)C)C(=O)OCC. The van der Waals surface area contributed by atoms with Crippen molar-refractivity contribution in [1.82, 2.24) is 0 Å². The van der Waals surface area contributed by atoms with Gasteiger partial charge in [0.2, 0.25) is 0 Å². The monoisotopic (exact) mass is 294 g/mol. The third kappa shape index (κ3) is 6.04. The van der Waals surface area contributed by atoms with Gasteiger partial charge in [-0.25, -0.2) is 8.42 Å². The zero-order chi connectivity index (χ0) is 15.1. The number of carbonyl (C=O) groups is 2. The molecule has 19 heavy (non-hydrogen) atoms. The molecule has 6 nitrogen and oxygen atoms in total. The fourth-order valence-electron chi connectivity index (χ4n) is 1.34. The summed E-state index contributed by atoms with van der Waals surface area (Å²) in [4.78, 5) is 23.3. The maximum atomic E-state index is 11.7. The molecule has 0 aromatic carbocycles. The summed E-state index contributed by atoms with van der Waals surface area (Å²) in [5.41, 5.74) is 0. The maximum Gasteiger partial charge on any atom is 0.320 e. The minimum atomic E-state index is -3.31.